The lowest BCUT2D eigenvalue weighted by Gasteiger charge is -2.09. The Bertz CT molecular complexity index is 125. The summed E-state index contributed by atoms with van der Waals surface area (Å²) in [7, 11) is 1.82. The van der Waals surface area contributed by atoms with Crippen molar-refractivity contribution in [2.45, 2.75) is 25.3 Å². The molecule has 0 aliphatic rings. The average molecular weight is 192 g/mol. The number of hydrogen-bond acceptors (Lipinski definition) is 3. The van der Waals surface area contributed by atoms with Crippen molar-refractivity contribution in [3.05, 3.63) is 0 Å². The Hall–Kier alpha value is -0.393. The standard InChI is InChI=1S/C7H16O4Si/c1-10-12(11-2)6-4-3-5-7(8)9/h12H,3-6H2,1-2H3,(H,8,9). The second-order valence-corrected chi connectivity index (χ2v) is 4.92. The van der Waals surface area contributed by atoms with Gasteiger partial charge in [-0.1, -0.05) is 6.42 Å². The molecule has 0 atom stereocenters. The molecule has 1 N–H and O–H groups in total. The molecule has 0 radical (unpaired) electrons. The van der Waals surface area contributed by atoms with Crippen LogP contribution >= 0.6 is 0 Å². The Morgan fingerprint density at radius 1 is 1.33 bits per heavy atom. The third kappa shape index (κ3) is 6.33. The monoisotopic (exact) mass is 192 g/mol. The van der Waals surface area contributed by atoms with Crippen molar-refractivity contribution in [1.82, 2.24) is 0 Å². The number of unbranched alkanes of at least 4 members (excludes halogenated alkanes) is 1. The highest BCUT2D eigenvalue weighted by Crippen LogP contribution is 2.04. The molecule has 0 amide bonds. The summed E-state index contributed by atoms with van der Waals surface area (Å²) in [4.78, 5) is 10.1. The molecule has 0 bridgehead atoms. The summed E-state index contributed by atoms with van der Waals surface area (Å²) < 4.78 is 10.2. The molecule has 0 rings (SSSR count). The van der Waals surface area contributed by atoms with E-state index in [1.54, 1.807) is 14.2 Å². The van der Waals surface area contributed by atoms with Crippen LogP contribution in [0.15, 0.2) is 0 Å². The lowest BCUT2D eigenvalue weighted by Crippen LogP contribution is -2.18. The van der Waals surface area contributed by atoms with E-state index in [0.29, 0.717) is 6.42 Å². The SMILES string of the molecule is CO[SiH](CCCCC(=O)O)OC. The van der Waals surface area contributed by atoms with Gasteiger partial charge in [-0.05, 0) is 12.5 Å². The Morgan fingerprint density at radius 3 is 2.33 bits per heavy atom. The van der Waals surface area contributed by atoms with Crippen LogP contribution in [0.3, 0.4) is 0 Å². The van der Waals surface area contributed by atoms with Crippen molar-refractivity contribution in [3.63, 3.8) is 0 Å². The van der Waals surface area contributed by atoms with Gasteiger partial charge in [0.05, 0.1) is 0 Å². The maximum Gasteiger partial charge on any atom is 0.320 e. The Balaban J connectivity index is 3.23. The van der Waals surface area contributed by atoms with Gasteiger partial charge >= 0.3 is 15.3 Å². The van der Waals surface area contributed by atoms with Crippen LogP contribution in [0.5, 0.6) is 0 Å². The molecule has 0 heterocycles. The summed E-state index contributed by atoms with van der Waals surface area (Å²) in [5, 5.41) is 8.34. The summed E-state index contributed by atoms with van der Waals surface area (Å²) in [6, 6.07) is 0.889. The van der Waals surface area contributed by atoms with Crippen molar-refractivity contribution >= 4 is 15.3 Å². The van der Waals surface area contributed by atoms with Gasteiger partial charge in [0.2, 0.25) is 0 Å². The zero-order valence-electron chi connectivity index (χ0n) is 7.58. The molecule has 4 nitrogen and oxygen atoms in total. The number of rotatable bonds is 7. The van der Waals surface area contributed by atoms with Crippen LogP contribution in [0.25, 0.3) is 0 Å². The van der Waals surface area contributed by atoms with Gasteiger partial charge in [0.1, 0.15) is 0 Å². The average Bonchev–Trinajstić information content (AvgIpc) is 2.04. The van der Waals surface area contributed by atoms with Crippen LogP contribution in [0, 0.1) is 0 Å². The van der Waals surface area contributed by atoms with Gasteiger partial charge in [0, 0.05) is 20.6 Å². The molecule has 0 aliphatic carbocycles. The van der Waals surface area contributed by atoms with Crippen molar-refractivity contribution in [2.75, 3.05) is 14.2 Å². The summed E-state index contributed by atoms with van der Waals surface area (Å²) in [6.07, 6.45) is 1.84. The zero-order chi connectivity index (χ0) is 9.40. The van der Waals surface area contributed by atoms with Gasteiger partial charge in [0.15, 0.2) is 0 Å². The van der Waals surface area contributed by atoms with Gasteiger partial charge in [-0.3, -0.25) is 4.79 Å². The smallest absolute Gasteiger partial charge is 0.320 e. The predicted molar refractivity (Wildman–Crippen MR) is 47.5 cm³/mol. The van der Waals surface area contributed by atoms with E-state index in [-0.39, 0.29) is 6.42 Å². The minimum Gasteiger partial charge on any atom is -0.481 e. The first-order valence-corrected chi connectivity index (χ1v) is 5.74. The largest absolute Gasteiger partial charge is 0.481 e. The number of carboxylic acids is 1. The van der Waals surface area contributed by atoms with E-state index in [1.807, 2.05) is 0 Å². The molecule has 0 aliphatic heterocycles. The maximum atomic E-state index is 10.1. The molecule has 72 valence electrons. The van der Waals surface area contributed by atoms with E-state index < -0.39 is 15.3 Å². The minimum atomic E-state index is -1.45. The molecular weight excluding hydrogens is 176 g/mol. The van der Waals surface area contributed by atoms with E-state index in [9.17, 15) is 4.79 Å². The Kier molecular flexibility index (Phi) is 7.03. The van der Waals surface area contributed by atoms with Crippen LogP contribution < -0.4 is 0 Å². The number of carbonyl (C=O) groups is 1. The number of aliphatic carboxylic acids is 1. The first-order chi connectivity index (χ1) is 5.70. The fourth-order valence-corrected chi connectivity index (χ4v) is 2.21. The van der Waals surface area contributed by atoms with Crippen LogP contribution in [-0.2, 0) is 13.6 Å². The fourth-order valence-electron chi connectivity index (χ4n) is 0.919. The number of carboxylic acid groups (broad SMARTS) is 1. The summed E-state index contributed by atoms with van der Waals surface area (Å²) in [5.41, 5.74) is 0. The normalized spacial score (nSPS) is 10.6. The fraction of sp³-hybridized carbons (Fsp3) is 0.857. The highest BCUT2D eigenvalue weighted by atomic mass is 28.3. The second kappa shape index (κ2) is 7.27. The van der Waals surface area contributed by atoms with Crippen molar-refractivity contribution in [2.24, 2.45) is 0 Å². The molecule has 0 aromatic carbocycles. The molecule has 0 fully saturated rings. The third-order valence-electron chi connectivity index (χ3n) is 1.61. The van der Waals surface area contributed by atoms with E-state index >= 15 is 0 Å². The van der Waals surface area contributed by atoms with E-state index in [2.05, 4.69) is 0 Å². The summed E-state index contributed by atoms with van der Waals surface area (Å²) >= 11 is 0. The Labute approximate surface area is 74.3 Å². The molecule has 0 aromatic heterocycles. The zero-order valence-corrected chi connectivity index (χ0v) is 8.73. The highest BCUT2D eigenvalue weighted by Gasteiger charge is 2.08. The second-order valence-electron chi connectivity index (χ2n) is 2.54. The summed E-state index contributed by atoms with van der Waals surface area (Å²) in [5.74, 6) is -0.733. The van der Waals surface area contributed by atoms with E-state index in [4.69, 9.17) is 14.0 Å². The van der Waals surface area contributed by atoms with Gasteiger partial charge < -0.3 is 14.0 Å². The number of hydrogen-bond donors (Lipinski definition) is 1. The van der Waals surface area contributed by atoms with Crippen molar-refractivity contribution in [1.29, 1.82) is 0 Å². The van der Waals surface area contributed by atoms with Crippen LogP contribution in [-0.4, -0.2) is 34.6 Å². The van der Waals surface area contributed by atoms with Crippen LogP contribution in [0.4, 0.5) is 0 Å². The van der Waals surface area contributed by atoms with E-state index in [0.717, 1.165) is 12.5 Å². The van der Waals surface area contributed by atoms with Gasteiger partial charge in [-0.25, -0.2) is 0 Å². The van der Waals surface area contributed by atoms with E-state index in [1.165, 1.54) is 0 Å². The van der Waals surface area contributed by atoms with Crippen molar-refractivity contribution in [3.8, 4) is 0 Å². The van der Waals surface area contributed by atoms with Gasteiger partial charge in [0.25, 0.3) is 0 Å². The minimum absolute atomic E-state index is 0.245. The molecular formula is C7H16O4Si. The molecule has 12 heavy (non-hydrogen) atoms. The first kappa shape index (κ1) is 11.6. The highest BCUT2D eigenvalue weighted by molar-refractivity contribution is 6.44. The molecule has 0 saturated heterocycles. The molecule has 0 spiro atoms. The Morgan fingerprint density at radius 2 is 1.92 bits per heavy atom. The van der Waals surface area contributed by atoms with Gasteiger partial charge in [-0.2, -0.15) is 0 Å². The molecule has 0 aromatic rings. The lowest BCUT2D eigenvalue weighted by atomic mass is 10.2. The van der Waals surface area contributed by atoms with Gasteiger partial charge in [-0.15, -0.1) is 0 Å². The lowest BCUT2D eigenvalue weighted by molar-refractivity contribution is -0.137. The summed E-state index contributed by atoms with van der Waals surface area (Å²) in [6.45, 7) is 0. The molecule has 0 unspecified atom stereocenters. The third-order valence-corrected chi connectivity index (χ3v) is 3.54. The maximum absolute atomic E-state index is 10.1. The first-order valence-electron chi connectivity index (χ1n) is 3.98. The van der Waals surface area contributed by atoms with Crippen LogP contribution in [0.2, 0.25) is 6.04 Å². The van der Waals surface area contributed by atoms with Crippen LogP contribution in [0.1, 0.15) is 19.3 Å². The molecule has 5 heteroatoms. The predicted octanol–water partition coefficient (Wildman–Crippen LogP) is 0.755. The molecule has 0 saturated carbocycles. The quantitative estimate of drug-likeness (QED) is 0.478. The topological polar surface area (TPSA) is 55.8 Å². The van der Waals surface area contributed by atoms with Crippen molar-refractivity contribution < 1.29 is 18.8 Å².